The van der Waals surface area contributed by atoms with Crippen molar-refractivity contribution in [2.24, 2.45) is 0 Å². The van der Waals surface area contributed by atoms with E-state index < -0.39 is 8.32 Å². The average molecular weight is 423 g/mol. The number of aliphatic hydroxyl groups excluding tert-OH is 1. The Morgan fingerprint density at radius 2 is 1.20 bits per heavy atom. The topological polar surface area (TPSA) is 47.9 Å². The molecule has 0 saturated heterocycles. The quantitative estimate of drug-likeness (QED) is 0.582. The van der Waals surface area contributed by atoms with Crippen LogP contribution in [0.3, 0.4) is 0 Å². The standard InChI is InChI=1S/C25H30O4Si/c1-25(2,3)30(20-12-8-6-9-13-20,21-14-10-7-11-15-21)29-24-22(27-4)16-19(18-26)17-23(24)28-5/h6-17,26H,18H2,1-5H3. The number of aliphatic hydroxyl groups is 1. The van der Waals surface area contributed by atoms with Gasteiger partial charge < -0.3 is 19.0 Å². The second-order valence-electron chi connectivity index (χ2n) is 8.25. The highest BCUT2D eigenvalue weighted by molar-refractivity contribution is 7.00. The molecule has 0 aromatic heterocycles. The first-order chi connectivity index (χ1) is 14.4. The van der Waals surface area contributed by atoms with Gasteiger partial charge in [-0.05, 0) is 33.1 Å². The summed E-state index contributed by atoms with van der Waals surface area (Å²) < 4.78 is 18.4. The molecule has 3 aromatic rings. The van der Waals surface area contributed by atoms with Crippen molar-refractivity contribution in [3.63, 3.8) is 0 Å². The van der Waals surface area contributed by atoms with Gasteiger partial charge in [-0.1, -0.05) is 81.4 Å². The summed E-state index contributed by atoms with van der Waals surface area (Å²) in [6, 6.07) is 24.4. The average Bonchev–Trinajstić information content (AvgIpc) is 2.77. The molecule has 0 saturated carbocycles. The van der Waals surface area contributed by atoms with Gasteiger partial charge in [0.05, 0.1) is 20.8 Å². The second-order valence-corrected chi connectivity index (χ2v) is 12.5. The highest BCUT2D eigenvalue weighted by Crippen LogP contribution is 2.44. The van der Waals surface area contributed by atoms with Crippen molar-refractivity contribution in [2.75, 3.05) is 14.2 Å². The normalized spacial score (nSPS) is 11.8. The van der Waals surface area contributed by atoms with E-state index in [9.17, 15) is 5.11 Å². The molecule has 0 aliphatic carbocycles. The molecule has 0 aliphatic rings. The fourth-order valence-corrected chi connectivity index (χ4v) is 8.37. The van der Waals surface area contributed by atoms with E-state index in [2.05, 4.69) is 69.3 Å². The maximum Gasteiger partial charge on any atom is 0.320 e. The molecular weight excluding hydrogens is 392 g/mol. The molecule has 0 aliphatic heterocycles. The molecular formula is C25H30O4Si. The van der Waals surface area contributed by atoms with E-state index in [4.69, 9.17) is 13.9 Å². The lowest BCUT2D eigenvalue weighted by Crippen LogP contribution is -2.68. The van der Waals surface area contributed by atoms with Crippen molar-refractivity contribution >= 4 is 18.7 Å². The fourth-order valence-electron chi connectivity index (χ4n) is 3.93. The van der Waals surface area contributed by atoms with Crippen LogP contribution >= 0.6 is 0 Å². The number of hydrogen-bond donors (Lipinski definition) is 1. The molecule has 3 aromatic carbocycles. The molecule has 158 valence electrons. The predicted molar refractivity (Wildman–Crippen MR) is 124 cm³/mol. The highest BCUT2D eigenvalue weighted by Gasteiger charge is 2.52. The second kappa shape index (κ2) is 8.94. The van der Waals surface area contributed by atoms with Gasteiger partial charge in [-0.25, -0.2) is 0 Å². The van der Waals surface area contributed by atoms with E-state index in [1.165, 1.54) is 10.4 Å². The summed E-state index contributed by atoms with van der Waals surface area (Å²) in [6.45, 7) is 6.56. The number of benzene rings is 3. The van der Waals surface area contributed by atoms with Gasteiger partial charge in [0.1, 0.15) is 0 Å². The van der Waals surface area contributed by atoms with Gasteiger partial charge in [0.2, 0.25) is 0 Å². The maximum absolute atomic E-state index is 9.64. The van der Waals surface area contributed by atoms with Crippen LogP contribution in [0.1, 0.15) is 26.3 Å². The zero-order valence-electron chi connectivity index (χ0n) is 18.3. The van der Waals surface area contributed by atoms with Gasteiger partial charge in [-0.15, -0.1) is 0 Å². The van der Waals surface area contributed by atoms with E-state index in [1.54, 1.807) is 26.4 Å². The van der Waals surface area contributed by atoms with Crippen LogP contribution in [0, 0.1) is 0 Å². The van der Waals surface area contributed by atoms with Gasteiger partial charge in [0, 0.05) is 0 Å². The number of ether oxygens (including phenoxy) is 2. The van der Waals surface area contributed by atoms with Crippen LogP contribution in [-0.2, 0) is 6.61 Å². The van der Waals surface area contributed by atoms with Crippen LogP contribution < -0.4 is 24.3 Å². The Labute approximate surface area is 180 Å². The van der Waals surface area contributed by atoms with Crippen molar-refractivity contribution in [2.45, 2.75) is 32.4 Å². The van der Waals surface area contributed by atoms with Crippen LogP contribution in [0.4, 0.5) is 0 Å². The lowest BCUT2D eigenvalue weighted by molar-refractivity contribution is 0.279. The van der Waals surface area contributed by atoms with Crippen molar-refractivity contribution < 1.29 is 19.0 Å². The summed E-state index contributed by atoms with van der Waals surface area (Å²) in [5.74, 6) is 1.66. The van der Waals surface area contributed by atoms with Crippen LogP contribution in [0.25, 0.3) is 0 Å². The maximum atomic E-state index is 9.64. The highest BCUT2D eigenvalue weighted by atomic mass is 28.4. The molecule has 5 heteroatoms. The molecule has 0 radical (unpaired) electrons. The summed E-state index contributed by atoms with van der Waals surface area (Å²) in [6.07, 6.45) is 0. The molecule has 3 rings (SSSR count). The Kier molecular flexibility index (Phi) is 6.54. The number of methoxy groups -OCH3 is 2. The smallest absolute Gasteiger partial charge is 0.320 e. The van der Waals surface area contributed by atoms with Crippen LogP contribution in [0.15, 0.2) is 72.8 Å². The molecule has 0 bridgehead atoms. The Bertz CT molecular complexity index is 901. The molecule has 0 heterocycles. The van der Waals surface area contributed by atoms with Crippen LogP contribution in [0.5, 0.6) is 17.2 Å². The van der Waals surface area contributed by atoms with Crippen molar-refractivity contribution in [1.29, 1.82) is 0 Å². The van der Waals surface area contributed by atoms with Crippen molar-refractivity contribution in [1.82, 2.24) is 0 Å². The van der Waals surface area contributed by atoms with E-state index in [0.717, 1.165) is 0 Å². The Morgan fingerprint density at radius 3 is 1.53 bits per heavy atom. The summed E-state index contributed by atoms with van der Waals surface area (Å²) in [4.78, 5) is 0. The molecule has 0 atom stereocenters. The first-order valence-electron chi connectivity index (χ1n) is 10.0. The van der Waals surface area contributed by atoms with E-state index >= 15 is 0 Å². The van der Waals surface area contributed by atoms with Crippen LogP contribution in [-0.4, -0.2) is 27.6 Å². The Balaban J connectivity index is 2.33. The molecule has 0 unspecified atom stereocenters. The minimum Gasteiger partial charge on any atom is -0.529 e. The molecule has 1 N–H and O–H groups in total. The van der Waals surface area contributed by atoms with Gasteiger partial charge in [0.25, 0.3) is 0 Å². The van der Waals surface area contributed by atoms with Gasteiger partial charge in [-0.2, -0.15) is 0 Å². The molecule has 30 heavy (non-hydrogen) atoms. The van der Waals surface area contributed by atoms with E-state index in [1.807, 2.05) is 12.1 Å². The molecule has 0 spiro atoms. The summed E-state index contributed by atoms with van der Waals surface area (Å²) in [5, 5.41) is 11.8. The summed E-state index contributed by atoms with van der Waals surface area (Å²) in [7, 11) is 0.375. The molecule has 0 amide bonds. The number of hydrogen-bond acceptors (Lipinski definition) is 4. The molecule has 0 fully saturated rings. The first-order valence-corrected chi connectivity index (χ1v) is 11.9. The minimum atomic E-state index is -2.84. The van der Waals surface area contributed by atoms with Gasteiger partial charge in [-0.3, -0.25) is 0 Å². The number of rotatable bonds is 7. The van der Waals surface area contributed by atoms with E-state index in [-0.39, 0.29) is 11.6 Å². The molecule has 4 nitrogen and oxygen atoms in total. The third-order valence-electron chi connectivity index (χ3n) is 5.37. The lowest BCUT2D eigenvalue weighted by Gasteiger charge is -2.43. The Morgan fingerprint density at radius 1 is 0.767 bits per heavy atom. The summed E-state index contributed by atoms with van der Waals surface area (Å²) >= 11 is 0. The van der Waals surface area contributed by atoms with Gasteiger partial charge >= 0.3 is 8.32 Å². The summed E-state index contributed by atoms with van der Waals surface area (Å²) in [5.41, 5.74) is 0.707. The van der Waals surface area contributed by atoms with Crippen molar-refractivity contribution in [3.05, 3.63) is 78.4 Å². The van der Waals surface area contributed by atoms with E-state index in [0.29, 0.717) is 22.8 Å². The van der Waals surface area contributed by atoms with Gasteiger partial charge in [0.15, 0.2) is 17.2 Å². The minimum absolute atomic E-state index is 0.105. The monoisotopic (exact) mass is 422 g/mol. The predicted octanol–water partition coefficient (Wildman–Crippen LogP) is 4.13. The largest absolute Gasteiger partial charge is 0.529 e. The zero-order valence-corrected chi connectivity index (χ0v) is 19.3. The SMILES string of the molecule is COc1cc(CO)cc(OC)c1O[Si](c1ccccc1)(c1ccccc1)C(C)(C)C. The Hall–Kier alpha value is -2.76. The third kappa shape index (κ3) is 3.95. The van der Waals surface area contributed by atoms with Crippen LogP contribution in [0.2, 0.25) is 5.04 Å². The zero-order chi connectivity index (χ0) is 21.8. The fraction of sp³-hybridized carbons (Fsp3) is 0.280. The third-order valence-corrected chi connectivity index (χ3v) is 10.3. The first kappa shape index (κ1) is 21.9. The van der Waals surface area contributed by atoms with Crippen molar-refractivity contribution in [3.8, 4) is 17.2 Å². The lowest BCUT2D eigenvalue weighted by atomic mass is 10.2.